The lowest BCUT2D eigenvalue weighted by Gasteiger charge is -2.38. The van der Waals surface area contributed by atoms with Crippen molar-refractivity contribution in [3.8, 4) is 0 Å². The average molecular weight is 351 g/mol. The number of rotatable bonds is 3. The molecule has 2 heterocycles. The maximum absolute atomic E-state index is 12.4. The number of carbonyl (C=O) groups excluding carboxylic acids is 1. The fourth-order valence-electron chi connectivity index (χ4n) is 3.69. The number of urea groups is 1. The molecular weight excluding hydrogens is 324 g/mol. The van der Waals surface area contributed by atoms with Crippen LogP contribution in [-0.2, 0) is 0 Å². The zero-order valence-corrected chi connectivity index (χ0v) is 15.1. The Morgan fingerprint density at radius 3 is 2.75 bits per heavy atom. The molecule has 1 aromatic rings. The molecule has 1 aromatic carbocycles. The van der Waals surface area contributed by atoms with Gasteiger partial charge < -0.3 is 15.1 Å². The first-order valence-corrected chi connectivity index (χ1v) is 9.20. The van der Waals surface area contributed by atoms with Crippen LogP contribution in [-0.4, -0.2) is 73.6 Å². The second kappa shape index (κ2) is 8.19. The second-order valence-corrected chi connectivity index (χ2v) is 7.44. The normalized spacial score (nSPS) is 23.2. The van der Waals surface area contributed by atoms with Crippen LogP contribution in [0.15, 0.2) is 24.3 Å². The van der Waals surface area contributed by atoms with E-state index in [1.165, 1.54) is 25.9 Å². The summed E-state index contributed by atoms with van der Waals surface area (Å²) in [6, 6.07) is 7.25. The molecule has 0 spiro atoms. The molecule has 2 aliphatic heterocycles. The molecule has 24 heavy (non-hydrogen) atoms. The Morgan fingerprint density at radius 2 is 2.04 bits per heavy atom. The van der Waals surface area contributed by atoms with Crippen molar-refractivity contribution in [2.24, 2.45) is 5.92 Å². The number of amides is 2. The topological polar surface area (TPSA) is 38.8 Å². The molecule has 1 atom stereocenters. The summed E-state index contributed by atoms with van der Waals surface area (Å²) in [5.74, 6) is 0.774. The van der Waals surface area contributed by atoms with E-state index >= 15 is 0 Å². The fourth-order valence-corrected chi connectivity index (χ4v) is 3.88. The van der Waals surface area contributed by atoms with Gasteiger partial charge in [-0.3, -0.25) is 4.90 Å². The Morgan fingerprint density at radius 1 is 1.25 bits per heavy atom. The van der Waals surface area contributed by atoms with Gasteiger partial charge in [-0.2, -0.15) is 0 Å². The Labute approximate surface area is 149 Å². The van der Waals surface area contributed by atoms with Crippen LogP contribution < -0.4 is 5.32 Å². The van der Waals surface area contributed by atoms with Gasteiger partial charge in [-0.1, -0.05) is 17.7 Å². The van der Waals surface area contributed by atoms with Gasteiger partial charge in [-0.25, -0.2) is 4.79 Å². The number of likely N-dealkylation sites (tertiary alicyclic amines) is 1. The van der Waals surface area contributed by atoms with Gasteiger partial charge in [0.1, 0.15) is 0 Å². The molecule has 2 aliphatic rings. The first kappa shape index (κ1) is 17.5. The van der Waals surface area contributed by atoms with Gasteiger partial charge >= 0.3 is 6.03 Å². The van der Waals surface area contributed by atoms with Crippen molar-refractivity contribution in [2.75, 3.05) is 58.2 Å². The summed E-state index contributed by atoms with van der Waals surface area (Å²) >= 11 is 5.96. The van der Waals surface area contributed by atoms with E-state index in [0.717, 1.165) is 44.3 Å². The monoisotopic (exact) mass is 350 g/mol. The number of piperazine rings is 1. The Bertz CT molecular complexity index is 560. The number of piperidine rings is 1. The van der Waals surface area contributed by atoms with Gasteiger partial charge in [0.25, 0.3) is 0 Å². The maximum atomic E-state index is 12.4. The summed E-state index contributed by atoms with van der Waals surface area (Å²) in [6.07, 6.45) is 2.64. The minimum Gasteiger partial charge on any atom is -0.322 e. The average Bonchev–Trinajstić information content (AvgIpc) is 2.55. The van der Waals surface area contributed by atoms with Gasteiger partial charge in [0.05, 0.1) is 0 Å². The molecule has 0 saturated carbocycles. The molecule has 132 valence electrons. The third-order valence-corrected chi connectivity index (χ3v) is 5.21. The van der Waals surface area contributed by atoms with Crippen molar-refractivity contribution in [3.63, 3.8) is 0 Å². The van der Waals surface area contributed by atoms with E-state index in [0.29, 0.717) is 5.02 Å². The number of carbonyl (C=O) groups is 1. The first-order chi connectivity index (χ1) is 11.6. The molecule has 5 nitrogen and oxygen atoms in total. The van der Waals surface area contributed by atoms with Crippen LogP contribution in [0.25, 0.3) is 0 Å². The molecular formula is C18H27ClN4O. The van der Waals surface area contributed by atoms with Crippen LogP contribution in [0.4, 0.5) is 10.5 Å². The smallest absolute Gasteiger partial charge is 0.321 e. The molecule has 2 fully saturated rings. The Hall–Kier alpha value is -1.30. The molecule has 2 saturated heterocycles. The summed E-state index contributed by atoms with van der Waals surface area (Å²) in [7, 11) is 2.21. The van der Waals surface area contributed by atoms with Crippen molar-refractivity contribution >= 4 is 23.3 Å². The highest BCUT2D eigenvalue weighted by molar-refractivity contribution is 6.30. The molecule has 0 radical (unpaired) electrons. The minimum atomic E-state index is -0.0330. The molecule has 0 bridgehead atoms. The summed E-state index contributed by atoms with van der Waals surface area (Å²) in [5.41, 5.74) is 0.750. The third-order valence-electron chi connectivity index (χ3n) is 4.97. The van der Waals surface area contributed by atoms with Crippen molar-refractivity contribution in [1.29, 1.82) is 0 Å². The van der Waals surface area contributed by atoms with Crippen LogP contribution in [0.1, 0.15) is 12.8 Å². The van der Waals surface area contributed by atoms with Crippen LogP contribution in [0.5, 0.6) is 0 Å². The standard InChI is InChI=1S/C18H27ClN4O/c1-21-7-3-4-15(13-21)14-22-8-10-23(11-9-22)18(24)20-17-6-2-5-16(19)12-17/h2,5-6,12,15H,3-4,7-11,13-14H2,1H3,(H,20,24). The largest absolute Gasteiger partial charge is 0.322 e. The third kappa shape index (κ3) is 4.85. The van der Waals surface area contributed by atoms with Crippen LogP contribution in [0.2, 0.25) is 5.02 Å². The number of halogens is 1. The second-order valence-electron chi connectivity index (χ2n) is 7.00. The van der Waals surface area contributed by atoms with E-state index < -0.39 is 0 Å². The van der Waals surface area contributed by atoms with Crippen molar-refractivity contribution in [3.05, 3.63) is 29.3 Å². The number of anilines is 1. The van der Waals surface area contributed by atoms with Crippen molar-refractivity contribution in [1.82, 2.24) is 14.7 Å². The van der Waals surface area contributed by atoms with Gasteiger partial charge in [-0.15, -0.1) is 0 Å². The molecule has 0 aromatic heterocycles. The van der Waals surface area contributed by atoms with E-state index in [2.05, 4.69) is 22.2 Å². The number of hydrogen-bond donors (Lipinski definition) is 1. The van der Waals surface area contributed by atoms with Gasteiger partial charge in [-0.05, 0) is 50.6 Å². The zero-order valence-electron chi connectivity index (χ0n) is 14.4. The summed E-state index contributed by atoms with van der Waals surface area (Å²) in [5, 5.41) is 3.57. The number of nitrogens with one attached hydrogen (secondary N) is 1. The number of benzene rings is 1. The van der Waals surface area contributed by atoms with Crippen molar-refractivity contribution < 1.29 is 4.79 Å². The highest BCUT2D eigenvalue weighted by Gasteiger charge is 2.25. The van der Waals surface area contributed by atoms with E-state index in [1.54, 1.807) is 12.1 Å². The fraction of sp³-hybridized carbons (Fsp3) is 0.611. The molecule has 1 unspecified atom stereocenters. The number of hydrogen-bond acceptors (Lipinski definition) is 3. The lowest BCUT2D eigenvalue weighted by molar-refractivity contribution is 0.109. The summed E-state index contributed by atoms with van der Waals surface area (Å²) < 4.78 is 0. The van der Waals surface area contributed by atoms with E-state index in [-0.39, 0.29) is 6.03 Å². The quantitative estimate of drug-likeness (QED) is 0.911. The lowest BCUT2D eigenvalue weighted by atomic mass is 9.97. The lowest BCUT2D eigenvalue weighted by Crippen LogP contribution is -2.51. The van der Waals surface area contributed by atoms with E-state index in [9.17, 15) is 4.79 Å². The zero-order chi connectivity index (χ0) is 16.9. The molecule has 2 amide bonds. The van der Waals surface area contributed by atoms with Crippen LogP contribution in [0, 0.1) is 5.92 Å². The van der Waals surface area contributed by atoms with E-state index in [4.69, 9.17) is 11.6 Å². The van der Waals surface area contributed by atoms with E-state index in [1.807, 2.05) is 17.0 Å². The molecule has 6 heteroatoms. The summed E-state index contributed by atoms with van der Waals surface area (Å²) in [6.45, 7) is 7.09. The number of nitrogens with zero attached hydrogens (tertiary/aromatic N) is 3. The van der Waals surface area contributed by atoms with Gasteiger partial charge in [0.2, 0.25) is 0 Å². The van der Waals surface area contributed by atoms with Crippen LogP contribution >= 0.6 is 11.6 Å². The summed E-state index contributed by atoms with van der Waals surface area (Å²) in [4.78, 5) is 19.2. The Kier molecular flexibility index (Phi) is 5.98. The van der Waals surface area contributed by atoms with Gasteiger partial charge in [0, 0.05) is 50.0 Å². The van der Waals surface area contributed by atoms with Gasteiger partial charge in [0.15, 0.2) is 0 Å². The predicted molar refractivity (Wildman–Crippen MR) is 98.7 cm³/mol. The highest BCUT2D eigenvalue weighted by Crippen LogP contribution is 2.18. The SMILES string of the molecule is CN1CCCC(CN2CCN(C(=O)Nc3cccc(Cl)c3)CC2)C1. The molecule has 1 N–H and O–H groups in total. The molecule has 0 aliphatic carbocycles. The highest BCUT2D eigenvalue weighted by atomic mass is 35.5. The minimum absolute atomic E-state index is 0.0330. The predicted octanol–water partition coefficient (Wildman–Crippen LogP) is 2.83. The molecule has 3 rings (SSSR count). The van der Waals surface area contributed by atoms with Crippen molar-refractivity contribution in [2.45, 2.75) is 12.8 Å². The first-order valence-electron chi connectivity index (χ1n) is 8.82. The maximum Gasteiger partial charge on any atom is 0.321 e. The van der Waals surface area contributed by atoms with Crippen LogP contribution in [0.3, 0.4) is 0 Å². The Balaban J connectivity index is 1.43.